The number of halogens is 2. The Kier molecular flexibility index (Phi) is 7.53. The van der Waals surface area contributed by atoms with Gasteiger partial charge in [-0.1, -0.05) is 76.1 Å². The molecule has 3 aromatic carbocycles. The molecule has 2 atom stereocenters. The van der Waals surface area contributed by atoms with Crippen LogP contribution in [0, 0.1) is 6.92 Å². The van der Waals surface area contributed by atoms with Crippen molar-refractivity contribution in [2.75, 3.05) is 0 Å². The van der Waals surface area contributed by atoms with Crippen molar-refractivity contribution in [2.24, 2.45) is 0 Å². The van der Waals surface area contributed by atoms with E-state index in [2.05, 4.69) is 21.2 Å². The van der Waals surface area contributed by atoms with Gasteiger partial charge < -0.3 is 10.4 Å². The van der Waals surface area contributed by atoms with Crippen LogP contribution in [-0.2, 0) is 4.79 Å². The van der Waals surface area contributed by atoms with E-state index in [1.54, 1.807) is 18.2 Å². The van der Waals surface area contributed by atoms with Gasteiger partial charge in [0, 0.05) is 32.4 Å². The van der Waals surface area contributed by atoms with Crippen molar-refractivity contribution in [1.29, 1.82) is 0 Å². The van der Waals surface area contributed by atoms with Crippen molar-refractivity contribution < 1.29 is 14.7 Å². The lowest BCUT2D eigenvalue weighted by Crippen LogP contribution is -2.38. The van der Waals surface area contributed by atoms with E-state index < -0.39 is 17.9 Å². The summed E-state index contributed by atoms with van der Waals surface area (Å²) in [5.41, 5.74) is 4.29. The summed E-state index contributed by atoms with van der Waals surface area (Å²) in [6, 6.07) is 22.0. The fraction of sp³-hybridized carbons (Fsp3) is 0.179. The monoisotopic (exact) mass is 550 g/mol. The van der Waals surface area contributed by atoms with Crippen molar-refractivity contribution in [3.05, 3.63) is 99.0 Å². The number of nitrogens with one attached hydrogen (secondary N) is 1. The number of aliphatic carboxylic acids is 1. The molecular weight excluding hydrogens is 528 g/mol. The maximum absolute atomic E-state index is 13.8. The lowest BCUT2D eigenvalue weighted by atomic mass is 9.88. The Balaban J connectivity index is 1.78. The minimum absolute atomic E-state index is 0.165. The Bertz CT molecular complexity index is 1410. The SMILES string of the molecule is Cc1c(-c2ccccc2)nc2ccc(Br)cc2c1C(=O)N[C@@H](C)C(CC(=O)O)c1ccccc1Cl. The van der Waals surface area contributed by atoms with E-state index in [0.717, 1.165) is 21.3 Å². The number of carbonyl (C=O) groups is 2. The lowest BCUT2D eigenvalue weighted by molar-refractivity contribution is -0.137. The molecule has 2 N–H and O–H groups in total. The van der Waals surface area contributed by atoms with Gasteiger partial charge in [-0.15, -0.1) is 0 Å². The third-order valence-electron chi connectivity index (χ3n) is 6.13. The van der Waals surface area contributed by atoms with Crippen LogP contribution in [0.3, 0.4) is 0 Å². The Hall–Kier alpha value is -3.22. The molecule has 4 rings (SSSR count). The van der Waals surface area contributed by atoms with Gasteiger partial charge in [-0.3, -0.25) is 9.59 Å². The van der Waals surface area contributed by atoms with Crippen LogP contribution in [0.1, 0.15) is 40.7 Å². The predicted octanol–water partition coefficient (Wildman–Crippen LogP) is 7.00. The summed E-state index contributed by atoms with van der Waals surface area (Å²) < 4.78 is 0.834. The van der Waals surface area contributed by atoms with Gasteiger partial charge in [0.05, 0.1) is 23.2 Å². The second-order valence-corrected chi connectivity index (χ2v) is 9.80. The van der Waals surface area contributed by atoms with E-state index in [-0.39, 0.29) is 12.3 Å². The van der Waals surface area contributed by atoms with E-state index in [9.17, 15) is 14.7 Å². The fourth-order valence-electron chi connectivity index (χ4n) is 4.40. The van der Waals surface area contributed by atoms with Crippen LogP contribution in [0.15, 0.2) is 77.3 Å². The van der Waals surface area contributed by atoms with Crippen LogP contribution < -0.4 is 5.32 Å². The zero-order valence-electron chi connectivity index (χ0n) is 19.3. The van der Waals surface area contributed by atoms with E-state index in [4.69, 9.17) is 16.6 Å². The molecule has 0 fully saturated rings. The molecule has 7 heteroatoms. The number of benzene rings is 3. The Morgan fingerprint density at radius 2 is 1.74 bits per heavy atom. The van der Waals surface area contributed by atoms with Gasteiger partial charge >= 0.3 is 5.97 Å². The highest BCUT2D eigenvalue weighted by atomic mass is 79.9. The summed E-state index contributed by atoms with van der Waals surface area (Å²) >= 11 is 9.89. The van der Waals surface area contributed by atoms with Gasteiger partial charge in [0.15, 0.2) is 0 Å². The number of fused-ring (bicyclic) bond motifs is 1. The first kappa shape index (κ1) is 24.9. The van der Waals surface area contributed by atoms with Crippen LogP contribution >= 0.6 is 27.5 Å². The number of hydrogen-bond acceptors (Lipinski definition) is 3. The van der Waals surface area contributed by atoms with Crippen molar-refractivity contribution in [3.63, 3.8) is 0 Å². The smallest absolute Gasteiger partial charge is 0.304 e. The average Bonchev–Trinajstić information content (AvgIpc) is 2.83. The lowest BCUT2D eigenvalue weighted by Gasteiger charge is -2.26. The molecule has 0 aliphatic rings. The summed E-state index contributed by atoms with van der Waals surface area (Å²) in [5.74, 6) is -1.75. The van der Waals surface area contributed by atoms with Crippen LogP contribution in [0.25, 0.3) is 22.2 Å². The number of pyridine rings is 1. The van der Waals surface area contributed by atoms with Gasteiger partial charge in [0.2, 0.25) is 0 Å². The highest BCUT2D eigenvalue weighted by molar-refractivity contribution is 9.10. The molecule has 35 heavy (non-hydrogen) atoms. The summed E-state index contributed by atoms with van der Waals surface area (Å²) in [7, 11) is 0. The molecule has 1 amide bonds. The van der Waals surface area contributed by atoms with Crippen LogP contribution in [-0.4, -0.2) is 28.0 Å². The Morgan fingerprint density at radius 3 is 2.43 bits per heavy atom. The molecule has 0 aliphatic carbocycles. The average molecular weight is 552 g/mol. The van der Waals surface area contributed by atoms with E-state index in [0.29, 0.717) is 27.1 Å². The minimum Gasteiger partial charge on any atom is -0.481 e. The zero-order valence-corrected chi connectivity index (χ0v) is 21.6. The number of nitrogens with zero attached hydrogens (tertiary/aromatic N) is 1. The van der Waals surface area contributed by atoms with Gasteiger partial charge in [0.1, 0.15) is 0 Å². The molecule has 0 aliphatic heterocycles. The maximum Gasteiger partial charge on any atom is 0.304 e. The van der Waals surface area contributed by atoms with Gasteiger partial charge in [-0.2, -0.15) is 0 Å². The summed E-state index contributed by atoms with van der Waals surface area (Å²) in [5, 5.41) is 13.8. The third-order valence-corrected chi connectivity index (χ3v) is 6.96. The van der Waals surface area contributed by atoms with Crippen LogP contribution in [0.4, 0.5) is 0 Å². The molecule has 0 saturated carbocycles. The molecule has 1 unspecified atom stereocenters. The van der Waals surface area contributed by atoms with Crippen LogP contribution in [0.2, 0.25) is 5.02 Å². The van der Waals surface area contributed by atoms with E-state index in [1.165, 1.54) is 0 Å². The molecular formula is C28H24BrClN2O3. The molecule has 0 spiro atoms. The summed E-state index contributed by atoms with van der Waals surface area (Å²) in [4.78, 5) is 30.3. The van der Waals surface area contributed by atoms with Crippen molar-refractivity contribution in [3.8, 4) is 11.3 Å². The maximum atomic E-state index is 13.8. The molecule has 0 bridgehead atoms. The van der Waals surface area contributed by atoms with Gasteiger partial charge in [-0.05, 0) is 49.2 Å². The topological polar surface area (TPSA) is 79.3 Å². The molecule has 1 heterocycles. The van der Waals surface area contributed by atoms with E-state index >= 15 is 0 Å². The first-order valence-corrected chi connectivity index (χ1v) is 12.4. The first-order chi connectivity index (χ1) is 16.8. The zero-order chi connectivity index (χ0) is 25.1. The predicted molar refractivity (Wildman–Crippen MR) is 143 cm³/mol. The van der Waals surface area contributed by atoms with Gasteiger partial charge in [0.25, 0.3) is 5.91 Å². The summed E-state index contributed by atoms with van der Waals surface area (Å²) in [6.07, 6.45) is -0.165. The number of aromatic nitrogens is 1. The summed E-state index contributed by atoms with van der Waals surface area (Å²) in [6.45, 7) is 3.69. The number of rotatable bonds is 7. The Morgan fingerprint density at radius 1 is 1.06 bits per heavy atom. The second-order valence-electron chi connectivity index (χ2n) is 8.48. The number of carbonyl (C=O) groups excluding carboxylic acids is 1. The van der Waals surface area contributed by atoms with Gasteiger partial charge in [-0.25, -0.2) is 4.98 Å². The Labute approximate surface area is 217 Å². The number of carboxylic acids is 1. The van der Waals surface area contributed by atoms with Crippen molar-refractivity contribution in [2.45, 2.75) is 32.2 Å². The minimum atomic E-state index is -0.961. The molecule has 1 aromatic heterocycles. The quantitative estimate of drug-likeness (QED) is 0.259. The highest BCUT2D eigenvalue weighted by Gasteiger charge is 2.27. The fourth-order valence-corrected chi connectivity index (χ4v) is 5.04. The molecule has 178 valence electrons. The largest absolute Gasteiger partial charge is 0.481 e. The van der Waals surface area contributed by atoms with Crippen LogP contribution in [0.5, 0.6) is 0 Å². The first-order valence-electron chi connectivity index (χ1n) is 11.2. The van der Waals surface area contributed by atoms with Crippen molar-refractivity contribution >= 4 is 50.3 Å². The van der Waals surface area contributed by atoms with Crippen molar-refractivity contribution in [1.82, 2.24) is 10.3 Å². The standard InChI is InChI=1S/C28H24BrClN2O3/c1-16-26(22-14-19(29)12-13-24(22)32-27(16)18-8-4-3-5-9-18)28(35)31-17(2)21(15-25(33)34)20-10-6-7-11-23(20)30/h3-14,17,21H,15H2,1-2H3,(H,31,35)(H,33,34)/t17-,21?/m0/s1. The van der Waals surface area contributed by atoms with E-state index in [1.807, 2.05) is 68.4 Å². The third kappa shape index (κ3) is 5.39. The molecule has 5 nitrogen and oxygen atoms in total. The normalized spacial score (nSPS) is 12.8. The molecule has 0 radical (unpaired) electrons. The molecule has 0 saturated heterocycles. The number of carboxylic acid groups (broad SMARTS) is 1. The highest BCUT2D eigenvalue weighted by Crippen LogP contribution is 2.33. The number of hydrogen-bond donors (Lipinski definition) is 2. The molecule has 4 aromatic rings. The second kappa shape index (κ2) is 10.6. The number of amides is 1.